The van der Waals surface area contributed by atoms with Crippen molar-refractivity contribution in [2.45, 2.75) is 19.4 Å². The molecule has 0 N–H and O–H groups in total. The molecule has 0 aliphatic rings. The lowest BCUT2D eigenvalue weighted by molar-refractivity contribution is 0.0988. The van der Waals surface area contributed by atoms with Gasteiger partial charge >= 0.3 is 0 Å². The van der Waals surface area contributed by atoms with Crippen LogP contribution in [0.15, 0.2) is 24.3 Å². The summed E-state index contributed by atoms with van der Waals surface area (Å²) in [4.78, 5) is 0. The van der Waals surface area contributed by atoms with Crippen LogP contribution in [0.1, 0.15) is 18.9 Å². The third-order valence-electron chi connectivity index (χ3n) is 2.90. The van der Waals surface area contributed by atoms with Crippen molar-refractivity contribution in [1.29, 1.82) is 5.26 Å². The minimum Gasteiger partial charge on any atom is -0.495 e. The average molecular weight is 280 g/mol. The third-order valence-corrected chi connectivity index (χ3v) is 3.21. The predicted molar refractivity (Wildman–Crippen MR) is 77.2 cm³/mol. The summed E-state index contributed by atoms with van der Waals surface area (Å²) in [6.07, 6.45) is 4.28. The van der Waals surface area contributed by atoms with E-state index in [1.165, 1.54) is 0 Å². The Labute approximate surface area is 119 Å². The zero-order valence-corrected chi connectivity index (χ0v) is 12.1. The van der Waals surface area contributed by atoms with Crippen LogP contribution in [0.2, 0.25) is 5.02 Å². The van der Waals surface area contributed by atoms with Gasteiger partial charge < -0.3 is 9.47 Å². The topological polar surface area (TPSA) is 42.2 Å². The lowest BCUT2D eigenvalue weighted by atomic mass is 10.0. The number of hydrogen-bond acceptors (Lipinski definition) is 3. The van der Waals surface area contributed by atoms with Crippen molar-refractivity contribution in [2.75, 3.05) is 14.2 Å². The van der Waals surface area contributed by atoms with Crippen molar-refractivity contribution in [2.24, 2.45) is 5.92 Å². The molecule has 1 aromatic rings. The van der Waals surface area contributed by atoms with Crippen LogP contribution in [0, 0.1) is 17.2 Å². The molecule has 19 heavy (non-hydrogen) atoms. The molecule has 0 aliphatic heterocycles. The second-order valence-corrected chi connectivity index (χ2v) is 4.70. The smallest absolute Gasteiger partial charge is 0.138 e. The van der Waals surface area contributed by atoms with Gasteiger partial charge in [-0.25, -0.2) is 0 Å². The predicted octanol–water partition coefficient (Wildman–Crippen LogP) is 3.93. The number of methoxy groups -OCH3 is 2. The summed E-state index contributed by atoms with van der Waals surface area (Å²) in [5, 5.41) is 9.29. The first-order chi connectivity index (χ1) is 9.12. The van der Waals surface area contributed by atoms with Crippen LogP contribution in [-0.4, -0.2) is 20.3 Å². The summed E-state index contributed by atoms with van der Waals surface area (Å²) >= 11 is 5.97. The van der Waals surface area contributed by atoms with Crippen molar-refractivity contribution in [3.8, 4) is 11.8 Å². The number of halogens is 1. The van der Waals surface area contributed by atoms with Crippen molar-refractivity contribution in [3.63, 3.8) is 0 Å². The van der Waals surface area contributed by atoms with Gasteiger partial charge in [0.2, 0.25) is 0 Å². The first-order valence-corrected chi connectivity index (χ1v) is 6.41. The highest BCUT2D eigenvalue weighted by atomic mass is 35.5. The molecule has 0 bridgehead atoms. The maximum Gasteiger partial charge on any atom is 0.138 e. The summed E-state index contributed by atoms with van der Waals surface area (Å²) in [5.41, 5.74) is 0.979. The number of ether oxygens (including phenoxy) is 2. The third kappa shape index (κ3) is 4.59. The highest BCUT2D eigenvalue weighted by Crippen LogP contribution is 2.26. The van der Waals surface area contributed by atoms with Gasteiger partial charge in [0.15, 0.2) is 0 Å². The lowest BCUT2D eigenvalue weighted by Gasteiger charge is -2.16. The van der Waals surface area contributed by atoms with E-state index in [4.69, 9.17) is 26.3 Å². The average Bonchev–Trinajstić information content (AvgIpc) is 2.41. The van der Waals surface area contributed by atoms with Crippen molar-refractivity contribution in [3.05, 3.63) is 34.9 Å². The van der Waals surface area contributed by atoms with Gasteiger partial charge in [-0.2, -0.15) is 5.26 Å². The molecule has 0 amide bonds. The Morgan fingerprint density at radius 3 is 2.74 bits per heavy atom. The Balaban J connectivity index is 2.82. The van der Waals surface area contributed by atoms with E-state index in [0.717, 1.165) is 5.56 Å². The Hall–Kier alpha value is -1.50. The number of rotatable bonds is 6. The molecule has 0 heterocycles. The van der Waals surface area contributed by atoms with E-state index >= 15 is 0 Å². The molecule has 0 radical (unpaired) electrons. The molecule has 4 heteroatoms. The molecule has 102 valence electrons. The molecule has 0 aromatic heterocycles. The second kappa shape index (κ2) is 7.83. The minimum atomic E-state index is -0.0821. The number of benzene rings is 1. The maximum atomic E-state index is 8.70. The van der Waals surface area contributed by atoms with Crippen LogP contribution in [0.5, 0.6) is 5.75 Å². The van der Waals surface area contributed by atoms with E-state index in [-0.39, 0.29) is 12.0 Å². The summed E-state index contributed by atoms with van der Waals surface area (Å²) in [5.74, 6) is 0.795. The molecule has 1 aromatic carbocycles. The molecule has 0 unspecified atom stereocenters. The highest BCUT2D eigenvalue weighted by Gasteiger charge is 2.12. The van der Waals surface area contributed by atoms with E-state index in [9.17, 15) is 0 Å². The van der Waals surface area contributed by atoms with Crippen LogP contribution in [0.3, 0.4) is 0 Å². The van der Waals surface area contributed by atoms with Gasteiger partial charge in [0.25, 0.3) is 0 Å². The largest absolute Gasteiger partial charge is 0.495 e. The number of hydrogen-bond donors (Lipinski definition) is 0. The zero-order chi connectivity index (χ0) is 14.3. The fourth-order valence-corrected chi connectivity index (χ4v) is 1.94. The summed E-state index contributed by atoms with van der Waals surface area (Å²) in [6.45, 7) is 1.99. The van der Waals surface area contributed by atoms with E-state index in [1.807, 2.05) is 31.2 Å². The monoisotopic (exact) mass is 279 g/mol. The lowest BCUT2D eigenvalue weighted by Crippen LogP contribution is -2.17. The molecule has 0 aliphatic carbocycles. The molecule has 2 atom stereocenters. The van der Waals surface area contributed by atoms with E-state index in [2.05, 4.69) is 6.07 Å². The van der Waals surface area contributed by atoms with E-state index in [0.29, 0.717) is 17.2 Å². The van der Waals surface area contributed by atoms with E-state index in [1.54, 1.807) is 20.3 Å². The van der Waals surface area contributed by atoms with E-state index < -0.39 is 0 Å². The van der Waals surface area contributed by atoms with Crippen LogP contribution in [0.25, 0.3) is 6.08 Å². The Morgan fingerprint density at radius 2 is 2.16 bits per heavy atom. The SMILES string of the molecule is COc1cc(/C=C\[C@H](OC)[C@@H](C)CC#N)ccc1Cl. The minimum absolute atomic E-state index is 0.0821. The maximum absolute atomic E-state index is 8.70. The fraction of sp³-hybridized carbons (Fsp3) is 0.400. The summed E-state index contributed by atoms with van der Waals surface area (Å²) in [7, 11) is 3.23. The van der Waals surface area contributed by atoms with Gasteiger partial charge in [-0.3, -0.25) is 0 Å². The van der Waals surface area contributed by atoms with Crippen molar-refractivity contribution < 1.29 is 9.47 Å². The first-order valence-electron chi connectivity index (χ1n) is 6.03. The van der Waals surface area contributed by atoms with Gasteiger partial charge in [0, 0.05) is 13.5 Å². The molecule has 3 nitrogen and oxygen atoms in total. The Kier molecular flexibility index (Phi) is 6.41. The van der Waals surface area contributed by atoms with Gasteiger partial charge in [-0.1, -0.05) is 36.7 Å². The molecule has 0 saturated carbocycles. The Morgan fingerprint density at radius 1 is 1.42 bits per heavy atom. The highest BCUT2D eigenvalue weighted by molar-refractivity contribution is 6.32. The second-order valence-electron chi connectivity index (χ2n) is 4.29. The molecule has 0 fully saturated rings. The molecular weight excluding hydrogens is 262 g/mol. The van der Waals surface area contributed by atoms with Crippen LogP contribution >= 0.6 is 11.6 Å². The van der Waals surface area contributed by atoms with Gasteiger partial charge in [-0.05, 0) is 23.6 Å². The standard InChI is InChI=1S/C15H18ClNO2/c1-11(8-9-17)14(18-2)7-5-12-4-6-13(16)15(10-12)19-3/h4-7,10-11,14H,8H2,1-3H3/b7-5-/t11-,14-/m0/s1. The summed E-state index contributed by atoms with van der Waals surface area (Å²) in [6, 6.07) is 7.71. The number of nitriles is 1. The molecule has 0 saturated heterocycles. The fourth-order valence-electron chi connectivity index (χ4n) is 1.75. The number of nitrogens with zero attached hydrogens (tertiary/aromatic N) is 1. The van der Waals surface area contributed by atoms with Gasteiger partial charge in [0.05, 0.1) is 24.3 Å². The molecule has 0 spiro atoms. The van der Waals surface area contributed by atoms with Crippen LogP contribution in [0.4, 0.5) is 0 Å². The summed E-state index contributed by atoms with van der Waals surface area (Å²) < 4.78 is 10.5. The zero-order valence-electron chi connectivity index (χ0n) is 11.4. The van der Waals surface area contributed by atoms with Crippen molar-refractivity contribution in [1.82, 2.24) is 0 Å². The normalized spacial score (nSPS) is 14.1. The van der Waals surface area contributed by atoms with Crippen LogP contribution in [-0.2, 0) is 4.74 Å². The van der Waals surface area contributed by atoms with Gasteiger partial charge in [0.1, 0.15) is 5.75 Å². The molecular formula is C15H18ClNO2. The first kappa shape index (κ1) is 15.6. The quantitative estimate of drug-likeness (QED) is 0.792. The molecule has 1 rings (SSSR count). The van der Waals surface area contributed by atoms with Crippen LogP contribution < -0.4 is 4.74 Å². The van der Waals surface area contributed by atoms with Gasteiger partial charge in [-0.15, -0.1) is 0 Å². The van der Waals surface area contributed by atoms with Crippen molar-refractivity contribution >= 4 is 17.7 Å². The Bertz CT molecular complexity index is 480.